The van der Waals surface area contributed by atoms with Gasteiger partial charge in [0.15, 0.2) is 0 Å². The van der Waals surface area contributed by atoms with Crippen molar-refractivity contribution in [3.05, 3.63) is 54.4 Å². The number of carbonyl (C=O) groups is 1. The largest absolute Gasteiger partial charge is 0.345 e. The van der Waals surface area contributed by atoms with Crippen molar-refractivity contribution >= 4 is 5.91 Å². The molecule has 25 heavy (non-hydrogen) atoms. The number of hydrogen-bond donors (Lipinski definition) is 1. The molecule has 126 valence electrons. The van der Waals surface area contributed by atoms with Gasteiger partial charge in [0.25, 0.3) is 5.91 Å². The van der Waals surface area contributed by atoms with Crippen molar-refractivity contribution in [1.29, 1.82) is 0 Å². The lowest BCUT2D eigenvalue weighted by Crippen LogP contribution is -2.49. The van der Waals surface area contributed by atoms with Gasteiger partial charge in [0.2, 0.25) is 0 Å². The summed E-state index contributed by atoms with van der Waals surface area (Å²) >= 11 is 0. The minimum absolute atomic E-state index is 0.0207. The Morgan fingerprint density at radius 2 is 2.04 bits per heavy atom. The lowest BCUT2D eigenvalue weighted by Gasteiger charge is -2.37. The Hall–Kier alpha value is -2.74. The molecule has 0 radical (unpaired) electrons. The van der Waals surface area contributed by atoms with E-state index in [0.717, 1.165) is 38.5 Å². The second kappa shape index (κ2) is 6.29. The first-order valence-electron chi connectivity index (χ1n) is 8.72. The fourth-order valence-corrected chi connectivity index (χ4v) is 4.20. The number of aromatic nitrogens is 3. The van der Waals surface area contributed by atoms with Crippen LogP contribution in [0.3, 0.4) is 0 Å². The molecule has 5 heteroatoms. The quantitative estimate of drug-likeness (QED) is 0.859. The molecule has 1 N–H and O–H groups in total. The van der Waals surface area contributed by atoms with E-state index < -0.39 is 0 Å². The van der Waals surface area contributed by atoms with E-state index in [0.29, 0.717) is 11.4 Å². The Bertz CT molecular complexity index is 827. The number of hydrogen-bond acceptors (Lipinski definition) is 4. The van der Waals surface area contributed by atoms with Crippen molar-refractivity contribution in [3.8, 4) is 11.8 Å². The summed E-state index contributed by atoms with van der Waals surface area (Å²) in [7, 11) is 0. The number of rotatable bonds is 2. The first kappa shape index (κ1) is 15.8. The zero-order chi connectivity index (χ0) is 17.2. The first-order valence-corrected chi connectivity index (χ1v) is 8.72. The molecule has 2 aliphatic carbocycles. The van der Waals surface area contributed by atoms with E-state index in [1.807, 2.05) is 12.1 Å². The van der Waals surface area contributed by atoms with Crippen molar-refractivity contribution < 1.29 is 4.79 Å². The summed E-state index contributed by atoms with van der Waals surface area (Å²) in [6, 6.07) is 5.41. The molecule has 0 aromatic carbocycles. The summed E-state index contributed by atoms with van der Waals surface area (Å²) < 4.78 is 0. The van der Waals surface area contributed by atoms with E-state index in [4.69, 9.17) is 0 Å². The molecule has 2 heterocycles. The number of nitrogens with zero attached hydrogens (tertiary/aromatic N) is 3. The van der Waals surface area contributed by atoms with Gasteiger partial charge in [-0.3, -0.25) is 14.8 Å². The SMILES string of the molecule is O=C(N[C@]12CCC[C@](C#Cc3cnccn3)(CC1)C2)c1ccccn1. The normalized spacial score (nSPS) is 27.2. The molecule has 0 spiro atoms. The molecular weight excluding hydrogens is 312 g/mol. The Morgan fingerprint density at radius 3 is 2.84 bits per heavy atom. The third-order valence-electron chi connectivity index (χ3n) is 5.36. The van der Waals surface area contributed by atoms with E-state index in [1.54, 1.807) is 30.9 Å². The molecular formula is C20H20N4O. The second-order valence-electron chi connectivity index (χ2n) is 7.10. The van der Waals surface area contributed by atoms with Gasteiger partial charge < -0.3 is 5.32 Å². The lowest BCUT2D eigenvalue weighted by atomic mass is 9.73. The molecule has 2 saturated carbocycles. The van der Waals surface area contributed by atoms with Gasteiger partial charge >= 0.3 is 0 Å². The maximum Gasteiger partial charge on any atom is 0.270 e. The Labute approximate surface area is 147 Å². The Balaban J connectivity index is 1.52. The minimum Gasteiger partial charge on any atom is -0.345 e. The highest BCUT2D eigenvalue weighted by atomic mass is 16.2. The molecule has 2 aromatic rings. The zero-order valence-corrected chi connectivity index (χ0v) is 14.0. The van der Waals surface area contributed by atoms with Crippen LogP contribution in [-0.2, 0) is 0 Å². The second-order valence-corrected chi connectivity index (χ2v) is 7.10. The van der Waals surface area contributed by atoms with Crippen molar-refractivity contribution in [3.63, 3.8) is 0 Å². The lowest BCUT2D eigenvalue weighted by molar-refractivity contribution is 0.0866. The van der Waals surface area contributed by atoms with Crippen molar-refractivity contribution in [2.45, 2.75) is 44.1 Å². The molecule has 5 nitrogen and oxygen atoms in total. The zero-order valence-electron chi connectivity index (χ0n) is 14.0. The molecule has 2 aliphatic rings. The van der Waals surface area contributed by atoms with E-state index in [2.05, 4.69) is 32.1 Å². The van der Waals surface area contributed by atoms with E-state index in [-0.39, 0.29) is 16.9 Å². The van der Waals surface area contributed by atoms with E-state index in [9.17, 15) is 4.79 Å². The van der Waals surface area contributed by atoms with E-state index in [1.165, 1.54) is 0 Å². The van der Waals surface area contributed by atoms with Gasteiger partial charge in [-0.05, 0) is 56.6 Å². The molecule has 2 atom stereocenters. The van der Waals surface area contributed by atoms with Crippen LogP contribution >= 0.6 is 0 Å². The fourth-order valence-electron chi connectivity index (χ4n) is 4.20. The monoisotopic (exact) mass is 332 g/mol. The molecule has 0 saturated heterocycles. The Kier molecular flexibility index (Phi) is 3.96. The first-order chi connectivity index (χ1) is 12.2. The number of pyridine rings is 1. The third kappa shape index (κ3) is 3.25. The van der Waals surface area contributed by atoms with Gasteiger partial charge in [-0.15, -0.1) is 0 Å². The number of carbonyl (C=O) groups excluding carboxylic acids is 1. The smallest absolute Gasteiger partial charge is 0.270 e. The predicted octanol–water partition coefficient (Wildman–Crippen LogP) is 2.75. The van der Waals surface area contributed by atoms with Gasteiger partial charge in [-0.2, -0.15) is 0 Å². The maximum absolute atomic E-state index is 12.6. The average molecular weight is 332 g/mol. The fraction of sp³-hybridized carbons (Fsp3) is 0.400. The predicted molar refractivity (Wildman–Crippen MR) is 93.5 cm³/mol. The highest BCUT2D eigenvalue weighted by Crippen LogP contribution is 2.53. The summed E-state index contributed by atoms with van der Waals surface area (Å²) in [5.74, 6) is 6.56. The van der Waals surface area contributed by atoms with Gasteiger partial charge in [0.1, 0.15) is 11.4 Å². The van der Waals surface area contributed by atoms with Crippen molar-refractivity contribution in [2.75, 3.05) is 0 Å². The van der Waals surface area contributed by atoms with Crippen LogP contribution in [0.1, 0.15) is 54.7 Å². The van der Waals surface area contributed by atoms with Crippen LogP contribution in [0.5, 0.6) is 0 Å². The maximum atomic E-state index is 12.6. The van der Waals surface area contributed by atoms with Gasteiger partial charge in [0.05, 0.1) is 6.20 Å². The number of amides is 1. The third-order valence-corrected chi connectivity index (χ3v) is 5.36. The molecule has 0 aliphatic heterocycles. The van der Waals surface area contributed by atoms with Crippen LogP contribution in [0.25, 0.3) is 0 Å². The Morgan fingerprint density at radius 1 is 1.08 bits per heavy atom. The van der Waals surface area contributed by atoms with Crippen LogP contribution in [-0.4, -0.2) is 26.4 Å². The molecule has 1 amide bonds. The summed E-state index contributed by atoms with van der Waals surface area (Å²) in [6.45, 7) is 0. The van der Waals surface area contributed by atoms with Crippen LogP contribution < -0.4 is 5.32 Å². The van der Waals surface area contributed by atoms with Crippen molar-refractivity contribution in [2.24, 2.45) is 5.41 Å². The summed E-state index contributed by atoms with van der Waals surface area (Å²) in [5, 5.41) is 3.27. The van der Waals surface area contributed by atoms with Crippen LogP contribution in [0.2, 0.25) is 0 Å². The molecule has 2 fully saturated rings. The summed E-state index contributed by atoms with van der Waals surface area (Å²) in [5.41, 5.74) is 1.01. The van der Waals surface area contributed by atoms with Crippen LogP contribution in [0.15, 0.2) is 43.0 Å². The number of fused-ring (bicyclic) bond motifs is 2. The number of nitrogens with one attached hydrogen (secondary N) is 1. The summed E-state index contributed by atoms with van der Waals surface area (Å²) in [4.78, 5) is 25.0. The molecule has 2 aromatic heterocycles. The van der Waals surface area contributed by atoms with Gasteiger partial charge in [0, 0.05) is 29.5 Å². The molecule has 2 bridgehead atoms. The molecule has 0 unspecified atom stereocenters. The van der Waals surface area contributed by atoms with Crippen LogP contribution in [0.4, 0.5) is 0 Å². The van der Waals surface area contributed by atoms with Gasteiger partial charge in [-0.25, -0.2) is 4.98 Å². The van der Waals surface area contributed by atoms with Crippen LogP contribution in [0, 0.1) is 17.3 Å². The topological polar surface area (TPSA) is 67.8 Å². The standard InChI is InChI=1S/C20H20N4O/c25-18(17-4-1-2-11-23-17)24-20-7-3-6-19(15-20,9-10-20)8-5-16-14-21-12-13-22-16/h1-2,4,11-14H,3,6-7,9-10,15H2,(H,24,25)/t19-,20+/m0/s1. The highest BCUT2D eigenvalue weighted by Gasteiger charge is 2.51. The molecule has 4 rings (SSSR count). The van der Waals surface area contributed by atoms with Crippen molar-refractivity contribution in [1.82, 2.24) is 20.3 Å². The minimum atomic E-state index is -0.149. The van der Waals surface area contributed by atoms with Gasteiger partial charge in [-0.1, -0.05) is 12.0 Å². The highest BCUT2D eigenvalue weighted by molar-refractivity contribution is 5.92. The summed E-state index contributed by atoms with van der Waals surface area (Å²) in [6.07, 6.45) is 12.7. The van der Waals surface area contributed by atoms with E-state index >= 15 is 0 Å². The average Bonchev–Trinajstić information content (AvgIpc) is 2.92.